The van der Waals surface area contributed by atoms with Gasteiger partial charge in [0.2, 0.25) is 5.91 Å². The van der Waals surface area contributed by atoms with Crippen LogP contribution in [0, 0.1) is 13.8 Å². The third-order valence-corrected chi connectivity index (χ3v) is 5.74. The van der Waals surface area contributed by atoms with Gasteiger partial charge in [-0.3, -0.25) is 14.0 Å². The molecule has 2 aromatic rings. The van der Waals surface area contributed by atoms with Gasteiger partial charge in [0.25, 0.3) is 0 Å². The minimum absolute atomic E-state index is 0.0847. The molecule has 0 saturated carbocycles. The molecule has 0 aromatic carbocycles. The van der Waals surface area contributed by atoms with Gasteiger partial charge in [-0.15, -0.1) is 0 Å². The molecule has 1 aliphatic heterocycles. The van der Waals surface area contributed by atoms with E-state index in [1.165, 1.54) is 10.2 Å². The Morgan fingerprint density at radius 3 is 2.56 bits per heavy atom. The fourth-order valence-electron chi connectivity index (χ4n) is 4.11. The topological polar surface area (TPSA) is 78.0 Å². The monoisotopic (exact) mass is 374 g/mol. The second kappa shape index (κ2) is 7.70. The minimum Gasteiger partial charge on any atom is -0.342 e. The maximum Gasteiger partial charge on any atom is 0.345 e. The first-order valence-corrected chi connectivity index (χ1v) is 9.74. The first kappa shape index (κ1) is 19.4. The van der Waals surface area contributed by atoms with Crippen LogP contribution >= 0.6 is 0 Å². The van der Waals surface area contributed by atoms with Gasteiger partial charge in [-0.1, -0.05) is 0 Å². The average molecular weight is 374 g/mol. The minimum atomic E-state index is -0.0847. The predicted molar refractivity (Wildman–Crippen MR) is 103 cm³/mol. The van der Waals surface area contributed by atoms with Gasteiger partial charge >= 0.3 is 5.69 Å². The van der Waals surface area contributed by atoms with Crippen LogP contribution in [-0.2, 0) is 31.9 Å². The van der Waals surface area contributed by atoms with Crippen LogP contribution in [0.3, 0.4) is 0 Å². The molecule has 8 nitrogen and oxygen atoms in total. The molecule has 2 aromatic heterocycles. The summed E-state index contributed by atoms with van der Waals surface area (Å²) in [5.74, 6) is 1.10. The summed E-state index contributed by atoms with van der Waals surface area (Å²) in [5.41, 5.74) is 3.21. The number of piperidine rings is 1. The van der Waals surface area contributed by atoms with Crippen molar-refractivity contribution in [3.8, 4) is 0 Å². The van der Waals surface area contributed by atoms with Gasteiger partial charge in [0, 0.05) is 51.8 Å². The third kappa shape index (κ3) is 3.70. The number of carbonyl (C=O) groups is 1. The molecule has 1 atom stereocenters. The highest BCUT2D eigenvalue weighted by Crippen LogP contribution is 2.26. The predicted octanol–water partition coefficient (Wildman–Crippen LogP) is 1.29. The largest absolute Gasteiger partial charge is 0.345 e. The summed E-state index contributed by atoms with van der Waals surface area (Å²) in [6, 6.07) is 0. The van der Waals surface area contributed by atoms with E-state index in [2.05, 4.69) is 10.2 Å². The summed E-state index contributed by atoms with van der Waals surface area (Å²) >= 11 is 0. The zero-order valence-corrected chi connectivity index (χ0v) is 17.0. The van der Waals surface area contributed by atoms with Crippen molar-refractivity contribution in [2.75, 3.05) is 13.1 Å². The summed E-state index contributed by atoms with van der Waals surface area (Å²) in [6.45, 7) is 8.02. The van der Waals surface area contributed by atoms with E-state index in [0.717, 1.165) is 43.0 Å². The van der Waals surface area contributed by atoms with Crippen LogP contribution < -0.4 is 5.69 Å². The number of carbonyl (C=O) groups excluding carboxylic acids is 1. The lowest BCUT2D eigenvalue weighted by molar-refractivity contribution is -0.132. The van der Waals surface area contributed by atoms with Crippen LogP contribution in [-0.4, -0.2) is 48.0 Å². The van der Waals surface area contributed by atoms with Crippen LogP contribution in [0.2, 0.25) is 0 Å². The Hall–Kier alpha value is -2.38. The number of likely N-dealkylation sites (tertiary alicyclic amines) is 1. The molecule has 3 rings (SSSR count). The summed E-state index contributed by atoms with van der Waals surface area (Å²) < 4.78 is 4.99. The van der Waals surface area contributed by atoms with Crippen molar-refractivity contribution in [2.24, 2.45) is 14.1 Å². The Morgan fingerprint density at radius 2 is 1.93 bits per heavy atom. The molecule has 0 spiro atoms. The summed E-state index contributed by atoms with van der Waals surface area (Å²) in [6.07, 6.45) is 3.11. The smallest absolute Gasteiger partial charge is 0.342 e. The van der Waals surface area contributed by atoms with Crippen molar-refractivity contribution in [3.63, 3.8) is 0 Å². The van der Waals surface area contributed by atoms with Gasteiger partial charge in [0.1, 0.15) is 5.82 Å². The van der Waals surface area contributed by atoms with E-state index in [1.54, 1.807) is 11.6 Å². The maximum absolute atomic E-state index is 12.8. The number of hydrogen-bond acceptors (Lipinski definition) is 4. The van der Waals surface area contributed by atoms with Crippen molar-refractivity contribution in [2.45, 2.75) is 58.9 Å². The molecule has 0 bridgehead atoms. The Kier molecular flexibility index (Phi) is 5.53. The lowest BCUT2D eigenvalue weighted by Crippen LogP contribution is -2.40. The molecule has 1 fully saturated rings. The van der Waals surface area contributed by atoms with E-state index < -0.39 is 0 Å². The molecule has 1 saturated heterocycles. The zero-order valence-electron chi connectivity index (χ0n) is 17.0. The Morgan fingerprint density at radius 1 is 1.19 bits per heavy atom. The number of rotatable bonds is 5. The fraction of sp³-hybridized carbons (Fsp3) is 0.684. The van der Waals surface area contributed by atoms with Crippen molar-refractivity contribution in [3.05, 3.63) is 33.3 Å². The zero-order chi connectivity index (χ0) is 19.7. The Bertz CT molecular complexity index is 891. The van der Waals surface area contributed by atoms with Crippen molar-refractivity contribution >= 4 is 5.91 Å². The van der Waals surface area contributed by atoms with Crippen molar-refractivity contribution < 1.29 is 4.79 Å². The van der Waals surface area contributed by atoms with Crippen LogP contribution in [0.5, 0.6) is 0 Å². The summed E-state index contributed by atoms with van der Waals surface area (Å²) in [4.78, 5) is 26.9. The van der Waals surface area contributed by atoms with Gasteiger partial charge in [-0.2, -0.15) is 10.2 Å². The van der Waals surface area contributed by atoms with Gasteiger partial charge in [-0.05, 0) is 45.6 Å². The van der Waals surface area contributed by atoms with Crippen LogP contribution in [0.4, 0.5) is 0 Å². The van der Waals surface area contributed by atoms with Crippen LogP contribution in [0.1, 0.15) is 54.9 Å². The van der Waals surface area contributed by atoms with Gasteiger partial charge < -0.3 is 4.90 Å². The van der Waals surface area contributed by atoms with Gasteiger partial charge in [0.15, 0.2) is 0 Å². The number of aryl methyl sites for hydroxylation is 3. The van der Waals surface area contributed by atoms with Crippen LogP contribution in [0.25, 0.3) is 0 Å². The van der Waals surface area contributed by atoms with Crippen molar-refractivity contribution in [1.29, 1.82) is 0 Å². The standard InChI is InChI=1S/C19H30N6O2/c1-6-25-18(21-23(5)19(25)27)15-8-7-11-24(12-15)17(26)10-9-16-13(2)20-22(4)14(16)3/h15H,6-12H2,1-5H3/t15-/m1/s1. The van der Waals surface area contributed by atoms with E-state index >= 15 is 0 Å². The lowest BCUT2D eigenvalue weighted by Gasteiger charge is -2.32. The first-order valence-electron chi connectivity index (χ1n) is 9.74. The molecule has 0 unspecified atom stereocenters. The van der Waals surface area contributed by atoms with E-state index in [9.17, 15) is 9.59 Å². The fourth-order valence-corrected chi connectivity index (χ4v) is 4.11. The second-order valence-corrected chi connectivity index (χ2v) is 7.46. The SMILES string of the molecule is CCn1c([C@@H]2CCCN(C(=O)CCc3c(C)nn(C)c3C)C2)nn(C)c1=O. The number of hydrogen-bond donors (Lipinski definition) is 0. The molecule has 1 aliphatic rings. The van der Waals surface area contributed by atoms with Crippen LogP contribution in [0.15, 0.2) is 4.79 Å². The molecule has 27 heavy (non-hydrogen) atoms. The third-order valence-electron chi connectivity index (χ3n) is 5.74. The van der Waals surface area contributed by atoms with Gasteiger partial charge in [-0.25, -0.2) is 9.48 Å². The highest BCUT2D eigenvalue weighted by atomic mass is 16.2. The summed E-state index contributed by atoms with van der Waals surface area (Å²) in [5, 5.41) is 8.87. The number of aromatic nitrogens is 5. The molecule has 0 N–H and O–H groups in total. The maximum atomic E-state index is 12.8. The van der Waals surface area contributed by atoms with Crippen molar-refractivity contribution in [1.82, 2.24) is 29.0 Å². The highest BCUT2D eigenvalue weighted by molar-refractivity contribution is 5.76. The molecule has 0 radical (unpaired) electrons. The second-order valence-electron chi connectivity index (χ2n) is 7.46. The van der Waals surface area contributed by atoms with E-state index in [4.69, 9.17) is 0 Å². The quantitative estimate of drug-likeness (QED) is 0.790. The highest BCUT2D eigenvalue weighted by Gasteiger charge is 2.29. The average Bonchev–Trinajstić information content (AvgIpc) is 3.08. The molecule has 8 heteroatoms. The molecular weight excluding hydrogens is 344 g/mol. The molecule has 3 heterocycles. The normalized spacial score (nSPS) is 17.5. The molecule has 0 aliphatic carbocycles. The molecular formula is C19H30N6O2. The molecule has 148 valence electrons. The molecule has 1 amide bonds. The Balaban J connectivity index is 1.68. The first-order chi connectivity index (χ1) is 12.8. The lowest BCUT2D eigenvalue weighted by atomic mass is 9.96. The Labute approximate surface area is 159 Å². The van der Waals surface area contributed by atoms with E-state index in [1.807, 2.05) is 37.4 Å². The van der Waals surface area contributed by atoms with E-state index in [-0.39, 0.29) is 17.5 Å². The number of amides is 1. The number of nitrogens with zero attached hydrogens (tertiary/aromatic N) is 6. The summed E-state index contributed by atoms with van der Waals surface area (Å²) in [7, 11) is 3.62. The van der Waals surface area contributed by atoms with E-state index in [0.29, 0.717) is 19.5 Å². The van der Waals surface area contributed by atoms with Gasteiger partial charge in [0.05, 0.1) is 5.69 Å².